The Morgan fingerprint density at radius 2 is 1.13 bits per heavy atom. The number of anilines is 1. The summed E-state index contributed by atoms with van der Waals surface area (Å²) in [6, 6.07) is 58.4. The van der Waals surface area contributed by atoms with Crippen LogP contribution in [0.2, 0.25) is 0 Å². The summed E-state index contributed by atoms with van der Waals surface area (Å²) in [5.41, 5.74) is 10.9. The second-order valence-electron chi connectivity index (χ2n) is 14.9. The van der Waals surface area contributed by atoms with Gasteiger partial charge in [0.05, 0.1) is 33.1 Å². The normalized spacial score (nSPS) is 16.6. The molecular formula is C51H35N3S. The minimum absolute atomic E-state index is 0.343. The van der Waals surface area contributed by atoms with Crippen LogP contribution in [-0.2, 0) is 0 Å². The van der Waals surface area contributed by atoms with E-state index in [1.165, 1.54) is 98.2 Å². The van der Waals surface area contributed by atoms with Crippen LogP contribution in [0.5, 0.6) is 0 Å². The van der Waals surface area contributed by atoms with Crippen molar-refractivity contribution in [2.24, 2.45) is 5.92 Å². The maximum atomic E-state index is 3.95. The molecule has 12 rings (SSSR count). The van der Waals surface area contributed by atoms with Gasteiger partial charge in [0.15, 0.2) is 0 Å². The van der Waals surface area contributed by atoms with Gasteiger partial charge in [-0.25, -0.2) is 0 Å². The van der Waals surface area contributed by atoms with Gasteiger partial charge in [0, 0.05) is 49.1 Å². The first-order valence-electron chi connectivity index (χ1n) is 19.2. The van der Waals surface area contributed by atoms with E-state index in [1.54, 1.807) is 0 Å². The van der Waals surface area contributed by atoms with Crippen molar-refractivity contribution in [2.75, 3.05) is 5.32 Å². The lowest BCUT2D eigenvalue weighted by Gasteiger charge is -2.20. The average molecular weight is 722 g/mol. The quantitative estimate of drug-likeness (QED) is 0.183. The van der Waals surface area contributed by atoms with Crippen molar-refractivity contribution < 1.29 is 0 Å². The maximum absolute atomic E-state index is 3.95. The Kier molecular flexibility index (Phi) is 6.75. The van der Waals surface area contributed by atoms with Crippen molar-refractivity contribution in [3.05, 3.63) is 182 Å². The van der Waals surface area contributed by atoms with Crippen molar-refractivity contribution in [3.8, 4) is 22.5 Å². The highest BCUT2D eigenvalue weighted by molar-refractivity contribution is 8.00. The molecule has 10 aromatic rings. The van der Waals surface area contributed by atoms with Gasteiger partial charge in [-0.3, -0.25) is 0 Å². The Hall–Kier alpha value is -6.49. The van der Waals surface area contributed by atoms with Crippen LogP contribution in [0.4, 0.5) is 5.69 Å². The predicted octanol–water partition coefficient (Wildman–Crippen LogP) is 13.8. The molecule has 0 saturated heterocycles. The number of aromatic nitrogens is 2. The number of allylic oxidation sites excluding steroid dienone is 3. The number of para-hydroxylation sites is 3. The molecule has 3 heterocycles. The summed E-state index contributed by atoms with van der Waals surface area (Å²) in [7, 11) is 0. The summed E-state index contributed by atoms with van der Waals surface area (Å²) < 4.78 is 4.82. The molecule has 0 bridgehead atoms. The maximum Gasteiger partial charge on any atom is 0.0836 e. The van der Waals surface area contributed by atoms with Gasteiger partial charge in [0.25, 0.3) is 0 Å². The summed E-state index contributed by atoms with van der Waals surface area (Å²) in [5, 5.41) is 14.5. The van der Waals surface area contributed by atoms with E-state index in [9.17, 15) is 0 Å². The zero-order chi connectivity index (χ0) is 36.0. The highest BCUT2D eigenvalue weighted by atomic mass is 32.2. The van der Waals surface area contributed by atoms with Crippen LogP contribution in [-0.4, -0.2) is 14.5 Å². The first-order valence-corrected chi connectivity index (χ1v) is 20.0. The van der Waals surface area contributed by atoms with Crippen LogP contribution in [0.15, 0.2) is 187 Å². The number of nitrogens with one attached hydrogen (secondary N) is 1. The largest absolute Gasteiger partial charge is 0.371 e. The average Bonchev–Trinajstić information content (AvgIpc) is 3.94. The molecule has 1 N–H and O–H groups in total. The SMILES string of the molecule is C1=CCC(C2Nc3c(ccc4ccc5cc(-n6c7ccccc7c7cc(-c8ccc9c(c8)c8ccccc8n9-c8ccccc8)ccc76)ccc5c34)S2)C=C1. The van der Waals surface area contributed by atoms with Crippen LogP contribution in [0.1, 0.15) is 6.42 Å². The summed E-state index contributed by atoms with van der Waals surface area (Å²) in [4.78, 5) is 1.34. The molecule has 0 fully saturated rings. The highest BCUT2D eigenvalue weighted by Gasteiger charge is 2.29. The van der Waals surface area contributed by atoms with E-state index in [0.717, 1.165) is 6.42 Å². The first kappa shape index (κ1) is 30.9. The molecule has 2 unspecified atom stereocenters. The third kappa shape index (κ3) is 4.71. The third-order valence-corrected chi connectivity index (χ3v) is 13.2. The predicted molar refractivity (Wildman–Crippen MR) is 235 cm³/mol. The molecule has 3 nitrogen and oxygen atoms in total. The molecule has 55 heavy (non-hydrogen) atoms. The molecule has 4 heteroatoms. The Labute approximate surface area is 322 Å². The van der Waals surface area contributed by atoms with Crippen LogP contribution in [0.25, 0.3) is 87.7 Å². The summed E-state index contributed by atoms with van der Waals surface area (Å²) in [6.45, 7) is 0. The molecule has 0 radical (unpaired) electrons. The fourth-order valence-electron chi connectivity index (χ4n) is 9.27. The standard InChI is InChI=1S/C51H35N3S/c1-3-11-33(12-4-1)51-52-50-48(55-51)28-23-32-19-20-36-29-38(24-25-39(36)49(32)50)54-45-18-10-8-16-41(45)43-31-35(22-27-47(43)54)34-21-26-46-42(30-34)40-15-7-9-17-44(40)53(46)37-13-5-2-6-14-37/h1-11,13-31,33,51-52H,12H2. The molecule has 2 aliphatic rings. The topological polar surface area (TPSA) is 21.9 Å². The Bertz CT molecular complexity index is 3250. The van der Waals surface area contributed by atoms with Crippen LogP contribution >= 0.6 is 11.8 Å². The van der Waals surface area contributed by atoms with E-state index in [2.05, 4.69) is 196 Å². The lowest BCUT2D eigenvalue weighted by atomic mass is 9.98. The van der Waals surface area contributed by atoms with E-state index in [1.807, 2.05) is 11.8 Å². The van der Waals surface area contributed by atoms with Gasteiger partial charge in [-0.05, 0) is 100 Å². The molecule has 0 saturated carbocycles. The van der Waals surface area contributed by atoms with Gasteiger partial charge in [-0.15, -0.1) is 0 Å². The molecule has 2 atom stereocenters. The molecule has 260 valence electrons. The van der Waals surface area contributed by atoms with Gasteiger partial charge >= 0.3 is 0 Å². The fourth-order valence-corrected chi connectivity index (χ4v) is 10.5. The van der Waals surface area contributed by atoms with Gasteiger partial charge < -0.3 is 14.5 Å². The molecule has 0 amide bonds. The lowest BCUT2D eigenvalue weighted by Crippen LogP contribution is -2.21. The van der Waals surface area contributed by atoms with Gasteiger partial charge in [0.2, 0.25) is 0 Å². The Balaban J connectivity index is 0.981. The number of hydrogen-bond acceptors (Lipinski definition) is 2. The van der Waals surface area contributed by atoms with Crippen molar-refractivity contribution >= 4 is 82.6 Å². The zero-order valence-electron chi connectivity index (χ0n) is 30.0. The number of fused-ring (bicyclic) bond motifs is 11. The van der Waals surface area contributed by atoms with E-state index in [0.29, 0.717) is 11.3 Å². The van der Waals surface area contributed by atoms with Crippen molar-refractivity contribution in [2.45, 2.75) is 16.7 Å². The zero-order valence-corrected chi connectivity index (χ0v) is 30.8. The monoisotopic (exact) mass is 721 g/mol. The number of hydrogen-bond donors (Lipinski definition) is 1. The van der Waals surface area contributed by atoms with E-state index in [4.69, 9.17) is 0 Å². The first-order chi connectivity index (χ1) is 27.3. The van der Waals surface area contributed by atoms with E-state index >= 15 is 0 Å². The molecule has 8 aromatic carbocycles. The van der Waals surface area contributed by atoms with Gasteiger partial charge in [-0.2, -0.15) is 0 Å². The number of thioether (sulfide) groups is 1. The molecule has 0 spiro atoms. The number of nitrogens with zero attached hydrogens (tertiary/aromatic N) is 2. The van der Waals surface area contributed by atoms with E-state index < -0.39 is 0 Å². The second kappa shape index (κ2) is 12.0. The molecular weight excluding hydrogens is 687 g/mol. The summed E-state index contributed by atoms with van der Waals surface area (Å²) in [6.07, 6.45) is 10.1. The minimum Gasteiger partial charge on any atom is -0.371 e. The summed E-state index contributed by atoms with van der Waals surface area (Å²) >= 11 is 1.97. The van der Waals surface area contributed by atoms with Gasteiger partial charge in [0.1, 0.15) is 0 Å². The van der Waals surface area contributed by atoms with Crippen LogP contribution in [0, 0.1) is 5.92 Å². The second-order valence-corrected chi connectivity index (χ2v) is 16.1. The van der Waals surface area contributed by atoms with Crippen molar-refractivity contribution in [3.63, 3.8) is 0 Å². The van der Waals surface area contributed by atoms with Crippen molar-refractivity contribution in [1.29, 1.82) is 0 Å². The summed E-state index contributed by atoms with van der Waals surface area (Å²) in [5.74, 6) is 0.485. The Morgan fingerprint density at radius 1 is 0.491 bits per heavy atom. The van der Waals surface area contributed by atoms with Gasteiger partial charge in [-0.1, -0.05) is 127 Å². The third-order valence-electron chi connectivity index (χ3n) is 11.8. The Morgan fingerprint density at radius 3 is 1.84 bits per heavy atom. The van der Waals surface area contributed by atoms with E-state index in [-0.39, 0.29) is 0 Å². The molecule has 1 aliphatic heterocycles. The number of benzene rings is 8. The van der Waals surface area contributed by atoms with Crippen molar-refractivity contribution in [1.82, 2.24) is 9.13 Å². The molecule has 1 aliphatic carbocycles. The fraction of sp³-hybridized carbons (Fsp3) is 0.0588. The van der Waals surface area contributed by atoms with Crippen LogP contribution < -0.4 is 5.32 Å². The molecule has 2 aromatic heterocycles. The lowest BCUT2D eigenvalue weighted by molar-refractivity contribution is 0.662. The smallest absolute Gasteiger partial charge is 0.0836 e. The minimum atomic E-state index is 0.343. The highest BCUT2D eigenvalue weighted by Crippen LogP contribution is 2.48. The number of rotatable bonds is 4. The van der Waals surface area contributed by atoms with Crippen LogP contribution in [0.3, 0.4) is 0 Å².